The number of ether oxygens (including phenoxy) is 1. The van der Waals surface area contributed by atoms with Gasteiger partial charge in [-0.25, -0.2) is 9.59 Å². The predicted octanol–water partition coefficient (Wildman–Crippen LogP) is 12.2. The average Bonchev–Trinajstić information content (AvgIpc) is 3.70. The molecule has 7 nitrogen and oxygen atoms in total. The summed E-state index contributed by atoms with van der Waals surface area (Å²) in [7, 11) is 0. The van der Waals surface area contributed by atoms with E-state index in [1.165, 1.54) is 0 Å². The lowest BCUT2D eigenvalue weighted by molar-refractivity contribution is 0.0401. The molecule has 0 saturated carbocycles. The van der Waals surface area contributed by atoms with Gasteiger partial charge in [0.25, 0.3) is 11.8 Å². The fourth-order valence-corrected chi connectivity index (χ4v) is 8.03. The van der Waals surface area contributed by atoms with Crippen LogP contribution in [0.1, 0.15) is 41.4 Å². The van der Waals surface area contributed by atoms with Crippen molar-refractivity contribution in [1.82, 2.24) is 0 Å². The Morgan fingerprint density at radius 2 is 0.920 bits per heavy atom. The fourth-order valence-electron chi connectivity index (χ4n) is 4.81. The van der Waals surface area contributed by atoms with Crippen molar-refractivity contribution < 1.29 is 23.9 Å². The molecule has 2 heterocycles. The molecule has 2 amide bonds. The highest BCUT2D eigenvalue weighted by Crippen LogP contribution is 2.40. The molecule has 250 valence electrons. The topological polar surface area (TPSA) is 102 Å². The van der Waals surface area contributed by atoms with Gasteiger partial charge in [0, 0.05) is 56.5 Å². The van der Waals surface area contributed by atoms with Gasteiger partial charge in [0.1, 0.15) is 21.1 Å². The third kappa shape index (κ3) is 8.29. The second-order valence-corrected chi connectivity index (χ2v) is 15.9. The normalized spacial score (nSPS) is 10.8. The summed E-state index contributed by atoms with van der Waals surface area (Å²) in [6.45, 7) is 0. The number of hydrogen-bond donors (Lipinski definition) is 2. The van der Waals surface area contributed by atoms with Gasteiger partial charge < -0.3 is 15.4 Å². The molecule has 0 saturated heterocycles. The van der Waals surface area contributed by atoms with Crippen LogP contribution in [0.2, 0.25) is 10.0 Å². The fraction of sp³-hybridized carbons (Fsp3) is 0. The number of halogens is 5. The van der Waals surface area contributed by atoms with Gasteiger partial charge in [0.2, 0.25) is 0 Å². The maximum absolute atomic E-state index is 14.1. The van der Waals surface area contributed by atoms with Crippen LogP contribution < -0.4 is 10.6 Å². The number of benzene rings is 4. The van der Waals surface area contributed by atoms with E-state index in [1.54, 1.807) is 89.6 Å². The Labute approximate surface area is 329 Å². The van der Waals surface area contributed by atoms with Gasteiger partial charge in [-0.3, -0.25) is 9.59 Å². The first-order valence-electron chi connectivity index (χ1n) is 14.3. The number of carbonyl (C=O) groups excluding carboxylic acids is 4. The van der Waals surface area contributed by atoms with Crippen LogP contribution in [0.5, 0.6) is 0 Å². The molecule has 6 aromatic rings. The summed E-state index contributed by atoms with van der Waals surface area (Å²) < 4.78 is 7.99. The Morgan fingerprint density at radius 1 is 0.540 bits per heavy atom. The number of anilines is 2. The smallest absolute Gasteiger partial charge is 0.349 e. The van der Waals surface area contributed by atoms with Gasteiger partial charge >= 0.3 is 11.9 Å². The SMILES string of the molecule is O=C(Nc1scc(-c2ccc(Br)cc2)c1C(=O)OC(=O)c1c(-c2cc(Cl)cc(Cl)c2)csc1NC(=O)c1ccc(Br)cc1)c1ccc(Br)cc1. The molecule has 50 heavy (non-hydrogen) atoms. The number of hydrogen-bond acceptors (Lipinski definition) is 7. The van der Waals surface area contributed by atoms with Crippen LogP contribution in [0.25, 0.3) is 22.3 Å². The van der Waals surface area contributed by atoms with Crippen LogP contribution in [-0.2, 0) is 4.74 Å². The third-order valence-electron chi connectivity index (χ3n) is 7.17. The van der Waals surface area contributed by atoms with E-state index in [0.717, 1.165) is 36.1 Å². The molecular formula is C36H19Br3Cl2N2O5S2. The molecule has 0 aliphatic rings. The van der Waals surface area contributed by atoms with Gasteiger partial charge in [0.15, 0.2) is 0 Å². The van der Waals surface area contributed by atoms with E-state index >= 15 is 0 Å². The van der Waals surface area contributed by atoms with Gasteiger partial charge in [-0.1, -0.05) is 83.1 Å². The summed E-state index contributed by atoms with van der Waals surface area (Å²) in [6.07, 6.45) is 0. The molecule has 14 heteroatoms. The molecule has 0 atom stereocenters. The number of rotatable bonds is 8. The van der Waals surface area contributed by atoms with E-state index in [1.807, 2.05) is 12.1 Å². The quantitative estimate of drug-likeness (QED) is 0.117. The van der Waals surface area contributed by atoms with E-state index in [2.05, 4.69) is 58.4 Å². The molecular weight excluding hydrogens is 915 g/mol. The zero-order chi connectivity index (χ0) is 35.5. The molecule has 4 aromatic carbocycles. The first-order valence-corrected chi connectivity index (χ1v) is 19.2. The Hall–Kier alpha value is -3.62. The van der Waals surface area contributed by atoms with Crippen LogP contribution in [-0.4, -0.2) is 23.8 Å². The van der Waals surface area contributed by atoms with Crippen LogP contribution in [0, 0.1) is 0 Å². The third-order valence-corrected chi connectivity index (χ3v) is 11.0. The standard InChI is InChI=1S/C36H19Br3Cl2N2O5S2/c37-22-7-1-18(2-8-22)27-16-49-33(42-31(44)19-3-9-23(38)10-4-19)29(27)35(46)48-36(47)30-28(21-13-25(40)15-26(41)14-21)17-50-34(30)43-32(45)20-5-11-24(39)12-6-20/h1-17H,(H,42,44)(H,43,45). The van der Waals surface area contributed by atoms with Crippen LogP contribution in [0.3, 0.4) is 0 Å². The van der Waals surface area contributed by atoms with Crippen LogP contribution >= 0.6 is 93.7 Å². The predicted molar refractivity (Wildman–Crippen MR) is 211 cm³/mol. The maximum atomic E-state index is 14.1. The van der Waals surface area contributed by atoms with Gasteiger partial charge in [0.05, 0.1) is 0 Å². The van der Waals surface area contributed by atoms with Crippen molar-refractivity contribution >= 4 is 127 Å². The van der Waals surface area contributed by atoms with E-state index in [4.69, 9.17) is 27.9 Å². The lowest BCUT2D eigenvalue weighted by atomic mass is 10.0. The zero-order valence-corrected chi connectivity index (χ0v) is 33.0. The van der Waals surface area contributed by atoms with E-state index in [-0.39, 0.29) is 21.1 Å². The summed E-state index contributed by atoms with van der Waals surface area (Å²) in [5.41, 5.74) is 2.51. The molecule has 0 aliphatic heterocycles. The number of amides is 2. The van der Waals surface area contributed by atoms with Crippen molar-refractivity contribution in [3.8, 4) is 22.3 Å². The van der Waals surface area contributed by atoms with Gasteiger partial charge in [-0.2, -0.15) is 0 Å². The van der Waals surface area contributed by atoms with Crippen molar-refractivity contribution in [2.75, 3.05) is 10.6 Å². The van der Waals surface area contributed by atoms with Crippen molar-refractivity contribution in [3.63, 3.8) is 0 Å². The first kappa shape index (κ1) is 36.2. The monoisotopic (exact) mass is 930 g/mol. The lowest BCUT2D eigenvalue weighted by Crippen LogP contribution is -2.19. The minimum absolute atomic E-state index is 0.0147. The van der Waals surface area contributed by atoms with Gasteiger partial charge in [-0.15, -0.1) is 22.7 Å². The Kier molecular flexibility index (Phi) is 11.4. The molecule has 0 unspecified atom stereocenters. The zero-order valence-electron chi connectivity index (χ0n) is 25.1. The minimum Gasteiger partial charge on any atom is -0.386 e. The highest BCUT2D eigenvalue weighted by Gasteiger charge is 2.30. The maximum Gasteiger partial charge on any atom is 0.349 e. The molecule has 2 N–H and O–H groups in total. The van der Waals surface area contributed by atoms with Gasteiger partial charge in [-0.05, 0) is 90.0 Å². The summed E-state index contributed by atoms with van der Waals surface area (Å²) in [5, 5.41) is 9.89. The van der Waals surface area contributed by atoms with Crippen molar-refractivity contribution in [2.24, 2.45) is 0 Å². The van der Waals surface area contributed by atoms with Crippen LogP contribution in [0.4, 0.5) is 10.0 Å². The van der Waals surface area contributed by atoms with Crippen molar-refractivity contribution in [3.05, 3.63) is 147 Å². The first-order chi connectivity index (χ1) is 24.0. The van der Waals surface area contributed by atoms with Crippen molar-refractivity contribution in [1.29, 1.82) is 0 Å². The molecule has 0 radical (unpaired) electrons. The number of thiophene rings is 2. The Morgan fingerprint density at radius 3 is 1.34 bits per heavy atom. The second-order valence-electron chi connectivity index (χ2n) is 10.5. The summed E-state index contributed by atoms with van der Waals surface area (Å²) >= 11 is 24.9. The Bertz CT molecular complexity index is 2250. The molecule has 6 rings (SSSR count). The summed E-state index contributed by atoms with van der Waals surface area (Å²) in [4.78, 5) is 54.6. The summed E-state index contributed by atoms with van der Waals surface area (Å²) in [6, 6.07) is 25.3. The highest BCUT2D eigenvalue weighted by molar-refractivity contribution is 9.11. The molecule has 0 bridgehead atoms. The van der Waals surface area contributed by atoms with E-state index in [0.29, 0.717) is 43.4 Å². The number of nitrogens with one attached hydrogen (secondary N) is 2. The molecule has 0 fully saturated rings. The summed E-state index contributed by atoms with van der Waals surface area (Å²) in [5.74, 6) is -2.99. The van der Waals surface area contributed by atoms with E-state index in [9.17, 15) is 19.2 Å². The molecule has 2 aromatic heterocycles. The van der Waals surface area contributed by atoms with Crippen LogP contribution in [0.15, 0.2) is 115 Å². The minimum atomic E-state index is -1.04. The van der Waals surface area contributed by atoms with Crippen molar-refractivity contribution in [2.45, 2.75) is 0 Å². The largest absolute Gasteiger partial charge is 0.386 e. The molecule has 0 aliphatic carbocycles. The second kappa shape index (κ2) is 15.7. The lowest BCUT2D eigenvalue weighted by Gasteiger charge is -2.12. The number of carbonyl (C=O) groups is 4. The number of esters is 2. The molecule has 0 spiro atoms. The van der Waals surface area contributed by atoms with E-state index < -0.39 is 23.8 Å². The Balaban J connectivity index is 1.38. The average molecular weight is 934 g/mol. The highest BCUT2D eigenvalue weighted by atomic mass is 79.9.